The molecule has 61 heavy (non-hydrogen) atoms. The molecule has 0 saturated carbocycles. The van der Waals surface area contributed by atoms with Gasteiger partial charge in [-0.1, -0.05) is 35.3 Å². The van der Waals surface area contributed by atoms with Gasteiger partial charge in [-0.3, -0.25) is 24.0 Å². The number of nitrogens with one attached hydrogen (secondary N) is 5. The quantitative estimate of drug-likeness (QED) is 0.133. The van der Waals surface area contributed by atoms with Gasteiger partial charge in [0.2, 0.25) is 23.6 Å². The van der Waals surface area contributed by atoms with Crippen molar-refractivity contribution < 1.29 is 74.9 Å². The predicted molar refractivity (Wildman–Crippen MR) is 205 cm³/mol. The highest BCUT2D eigenvalue weighted by molar-refractivity contribution is 7.86. The second kappa shape index (κ2) is 16.5. The van der Waals surface area contributed by atoms with E-state index in [1.165, 1.54) is 12.4 Å². The van der Waals surface area contributed by atoms with Crippen LogP contribution in [0.25, 0.3) is 11.1 Å². The van der Waals surface area contributed by atoms with Gasteiger partial charge in [-0.15, -0.1) is 0 Å². The molecule has 0 radical (unpaired) electrons. The first kappa shape index (κ1) is 44.1. The molecular weight excluding hydrogens is 882 g/mol. The van der Waals surface area contributed by atoms with Gasteiger partial charge in [-0.05, 0) is 64.7 Å². The monoisotopic (exact) mass is 911 g/mol. The smallest absolute Gasteiger partial charge is 0.471 e. The number of ether oxygens (including phenoxy) is 1. The van der Waals surface area contributed by atoms with E-state index in [2.05, 4.69) is 21.3 Å². The molecule has 0 fully saturated rings. The molecule has 0 spiro atoms. The van der Waals surface area contributed by atoms with Gasteiger partial charge in [0.05, 0.1) is 16.3 Å². The summed E-state index contributed by atoms with van der Waals surface area (Å²) in [7, 11) is -3.18. The third kappa shape index (κ3) is 9.16. The summed E-state index contributed by atoms with van der Waals surface area (Å²) in [5, 5.41) is 54.3. The number of rotatable bonds is 4. The SMILES string of the molecule is CNC(=O)[C@H]1NC(=O)[C@H]2NC(=O)[C@@H](NC(=O)[C@@H](NC(=O)C(F)(F)F)c3ccc(OS(C)(=O)=O)c(c3)Oc3c(Cl)cc(cc3Cl)[C@@H]2O)c2ccc(O)c(c2)-c2c(O)cc(O)cc21. The van der Waals surface area contributed by atoms with Crippen molar-refractivity contribution in [2.24, 2.45) is 0 Å². The maximum atomic E-state index is 14.4. The van der Waals surface area contributed by atoms with Crippen LogP contribution in [0.15, 0.2) is 60.7 Å². The molecule has 3 aliphatic rings. The van der Waals surface area contributed by atoms with Crippen LogP contribution < -0.4 is 35.5 Å². The van der Waals surface area contributed by atoms with Crippen LogP contribution >= 0.6 is 23.2 Å². The van der Waals surface area contributed by atoms with Crippen LogP contribution in [-0.4, -0.2) is 83.9 Å². The Morgan fingerprint density at radius 2 is 1.49 bits per heavy atom. The number of phenols is 3. The molecule has 0 aliphatic carbocycles. The Morgan fingerprint density at radius 1 is 0.836 bits per heavy atom. The Hall–Kier alpha value is -6.49. The van der Waals surface area contributed by atoms with Crippen LogP contribution in [0.3, 0.4) is 0 Å². The Morgan fingerprint density at radius 3 is 2.11 bits per heavy atom. The Bertz CT molecular complexity index is 2610. The number of fused-ring (bicyclic) bond motifs is 8. The normalized spacial score (nSPS) is 20.4. The highest BCUT2D eigenvalue weighted by Gasteiger charge is 2.43. The zero-order valence-electron chi connectivity index (χ0n) is 30.9. The molecule has 0 unspecified atom stereocenters. The zero-order chi connectivity index (χ0) is 44.9. The second-order valence-electron chi connectivity index (χ2n) is 13.4. The van der Waals surface area contributed by atoms with Crippen molar-refractivity contribution in [2.45, 2.75) is 36.4 Å². The van der Waals surface area contributed by atoms with Crippen LogP contribution in [0.4, 0.5) is 13.2 Å². The van der Waals surface area contributed by atoms with Crippen molar-refractivity contribution in [1.29, 1.82) is 0 Å². The maximum absolute atomic E-state index is 14.4. The number of halogens is 5. The summed E-state index contributed by atoms with van der Waals surface area (Å²) in [5.41, 5.74) is -2.26. The number of aliphatic hydroxyl groups excluding tert-OH is 1. The van der Waals surface area contributed by atoms with Gasteiger partial charge in [0, 0.05) is 24.2 Å². The molecule has 3 heterocycles. The van der Waals surface area contributed by atoms with Crippen molar-refractivity contribution in [3.63, 3.8) is 0 Å². The van der Waals surface area contributed by atoms with Crippen LogP contribution in [0.5, 0.6) is 34.5 Å². The molecular formula is C37H30Cl2F3N5O13S. The number of aromatic hydroxyl groups is 3. The first-order valence-electron chi connectivity index (χ1n) is 17.2. The standard InChI is InChI=1S/C37H30Cl2F3N5O13S/c1-43-32(52)28-18-11-16(48)12-22(50)25(18)17-7-13(3-5-21(17)49)26-33(53)46-29(35(55)45-28)30(51)15-8-19(38)31(20(39)9-15)59-24-10-14(4-6-23(24)60-61(2,57)58)27(34(54)44-26)47-36(56)37(40,41)42/h3-12,26-30,48-51H,1-2H3,(H,43,52)(H,44,54)(H,45,55)(H,46,53)(H,47,56)/t26-,27-,28-,29-,30-/m0/s1. The van der Waals surface area contributed by atoms with E-state index in [1.54, 1.807) is 0 Å². The summed E-state index contributed by atoms with van der Waals surface area (Å²) < 4.78 is 76.4. The lowest BCUT2D eigenvalue weighted by molar-refractivity contribution is -0.174. The average molecular weight is 913 g/mol. The van der Waals surface area contributed by atoms with Crippen molar-refractivity contribution in [1.82, 2.24) is 26.6 Å². The number of hydrogen-bond donors (Lipinski definition) is 9. The predicted octanol–water partition coefficient (Wildman–Crippen LogP) is 2.93. The van der Waals surface area contributed by atoms with Crippen molar-refractivity contribution in [3.05, 3.63) is 93.0 Å². The molecule has 24 heteroatoms. The van der Waals surface area contributed by atoms with E-state index in [1.807, 2.05) is 0 Å². The number of amides is 5. The minimum absolute atomic E-state index is 0.294. The number of benzene rings is 4. The van der Waals surface area contributed by atoms with E-state index in [0.717, 1.165) is 60.7 Å². The number of aliphatic hydroxyl groups is 1. The van der Waals surface area contributed by atoms with Crippen LogP contribution in [0.1, 0.15) is 46.5 Å². The summed E-state index contributed by atoms with van der Waals surface area (Å²) >= 11 is 13.1. The minimum Gasteiger partial charge on any atom is -0.508 e. The summed E-state index contributed by atoms with van der Waals surface area (Å²) in [4.78, 5) is 68.8. The van der Waals surface area contributed by atoms with Gasteiger partial charge in [-0.25, -0.2) is 0 Å². The van der Waals surface area contributed by atoms with Gasteiger partial charge in [-0.2, -0.15) is 21.6 Å². The molecule has 0 aromatic heterocycles. The number of likely N-dealkylation sites (N-methyl/N-ethyl adjacent to an activating group) is 1. The molecule has 322 valence electrons. The van der Waals surface area contributed by atoms with Crippen molar-refractivity contribution in [3.8, 4) is 45.6 Å². The lowest BCUT2D eigenvalue weighted by Gasteiger charge is -2.31. The molecule has 3 aliphatic heterocycles. The molecule has 0 saturated heterocycles. The molecule has 5 atom stereocenters. The molecule has 9 N–H and O–H groups in total. The number of hydrogen-bond acceptors (Lipinski definition) is 13. The number of phenolic OH excluding ortho intramolecular Hbond substituents is 3. The van der Waals surface area contributed by atoms with Gasteiger partial charge < -0.3 is 55.9 Å². The first-order chi connectivity index (χ1) is 28.5. The highest BCUT2D eigenvalue weighted by atomic mass is 35.5. The van der Waals surface area contributed by atoms with E-state index in [9.17, 15) is 66.0 Å². The fourth-order valence-electron chi connectivity index (χ4n) is 6.48. The van der Waals surface area contributed by atoms with Gasteiger partial charge >= 0.3 is 22.2 Å². The summed E-state index contributed by atoms with van der Waals surface area (Å²) in [5.74, 6) is -11.7. The van der Waals surface area contributed by atoms with Crippen LogP contribution in [-0.2, 0) is 34.1 Å². The van der Waals surface area contributed by atoms with Gasteiger partial charge in [0.15, 0.2) is 17.2 Å². The lowest BCUT2D eigenvalue weighted by Crippen LogP contribution is -2.55. The summed E-state index contributed by atoms with van der Waals surface area (Å²) in [6.07, 6.45) is -7.12. The summed E-state index contributed by atoms with van der Waals surface area (Å²) in [6.45, 7) is 0. The zero-order valence-corrected chi connectivity index (χ0v) is 33.2. The number of carbonyl (C=O) groups excluding carboxylic acids is 5. The first-order valence-corrected chi connectivity index (χ1v) is 19.8. The van der Waals surface area contributed by atoms with Gasteiger partial charge in [0.25, 0.3) is 0 Å². The Balaban J connectivity index is 1.68. The van der Waals surface area contributed by atoms with Crippen molar-refractivity contribution in [2.75, 3.05) is 13.3 Å². The third-order valence-electron chi connectivity index (χ3n) is 9.22. The highest BCUT2D eigenvalue weighted by Crippen LogP contribution is 2.46. The minimum atomic E-state index is -5.60. The lowest BCUT2D eigenvalue weighted by atomic mass is 9.89. The third-order valence-corrected chi connectivity index (χ3v) is 10.3. The number of carbonyl (C=O) groups is 5. The second-order valence-corrected chi connectivity index (χ2v) is 15.8. The molecule has 5 amide bonds. The van der Waals surface area contributed by atoms with E-state index < -0.39 is 132 Å². The largest absolute Gasteiger partial charge is 0.508 e. The van der Waals surface area contributed by atoms with Crippen LogP contribution in [0, 0.1) is 0 Å². The topological polar surface area (TPSA) is 279 Å². The molecule has 4 aromatic rings. The molecule has 18 nitrogen and oxygen atoms in total. The van der Waals surface area contributed by atoms with Crippen LogP contribution in [0.2, 0.25) is 10.0 Å². The fourth-order valence-corrected chi connectivity index (χ4v) is 7.52. The average Bonchev–Trinajstić information content (AvgIpc) is 3.16. The van der Waals surface area contributed by atoms with E-state index in [0.29, 0.717) is 6.26 Å². The Kier molecular flexibility index (Phi) is 11.9. The van der Waals surface area contributed by atoms with E-state index in [-0.39, 0.29) is 22.3 Å². The maximum Gasteiger partial charge on any atom is 0.471 e. The van der Waals surface area contributed by atoms with E-state index >= 15 is 0 Å². The van der Waals surface area contributed by atoms with Crippen molar-refractivity contribution >= 4 is 62.9 Å². The van der Waals surface area contributed by atoms with E-state index in [4.69, 9.17) is 32.1 Å². The number of alkyl halides is 3. The molecule has 4 aromatic carbocycles. The molecule has 7 rings (SSSR count). The Labute approximate surface area is 351 Å². The summed E-state index contributed by atoms with van der Waals surface area (Å²) in [6, 6.07) is 0.854. The molecule has 8 bridgehead atoms. The fraction of sp³-hybridized carbons (Fsp3) is 0.216. The van der Waals surface area contributed by atoms with Gasteiger partial charge in [0.1, 0.15) is 47.5 Å².